The second-order valence-corrected chi connectivity index (χ2v) is 9.02. The molecule has 3 heterocycles. The number of fused-ring (bicyclic) bond motifs is 3. The Labute approximate surface area is 187 Å². The SMILES string of the molecule is CC1CC(NC(c2ccccc2)c2ccccc2)CC1c1cnc2cnc3[nH]ccc3n12. The summed E-state index contributed by atoms with van der Waals surface area (Å²) >= 11 is 0. The van der Waals surface area contributed by atoms with Gasteiger partial charge in [-0.15, -0.1) is 0 Å². The van der Waals surface area contributed by atoms with Crippen molar-refractivity contribution in [2.45, 2.75) is 37.8 Å². The van der Waals surface area contributed by atoms with E-state index in [-0.39, 0.29) is 6.04 Å². The fourth-order valence-corrected chi connectivity index (χ4v) is 5.46. The lowest BCUT2D eigenvalue weighted by Gasteiger charge is -2.24. The zero-order valence-corrected chi connectivity index (χ0v) is 18.1. The third kappa shape index (κ3) is 3.30. The highest BCUT2D eigenvalue weighted by atomic mass is 15.1. The molecule has 1 fully saturated rings. The Hall–Kier alpha value is -3.44. The van der Waals surface area contributed by atoms with E-state index in [0.717, 1.165) is 29.7 Å². The van der Waals surface area contributed by atoms with Crippen LogP contribution in [0.4, 0.5) is 0 Å². The summed E-state index contributed by atoms with van der Waals surface area (Å²) in [6.07, 6.45) is 8.11. The van der Waals surface area contributed by atoms with Gasteiger partial charge in [0.25, 0.3) is 0 Å². The first-order valence-corrected chi connectivity index (χ1v) is 11.4. The number of nitrogens with one attached hydrogen (secondary N) is 2. The zero-order valence-electron chi connectivity index (χ0n) is 18.1. The van der Waals surface area contributed by atoms with Crippen molar-refractivity contribution in [3.8, 4) is 0 Å². The molecule has 3 atom stereocenters. The molecule has 32 heavy (non-hydrogen) atoms. The van der Waals surface area contributed by atoms with E-state index >= 15 is 0 Å². The van der Waals surface area contributed by atoms with Gasteiger partial charge in [-0.25, -0.2) is 9.97 Å². The number of imidazole rings is 1. The van der Waals surface area contributed by atoms with Crippen LogP contribution in [-0.2, 0) is 0 Å². The van der Waals surface area contributed by atoms with E-state index in [9.17, 15) is 0 Å². The normalized spacial score (nSPS) is 21.1. The number of hydrogen-bond acceptors (Lipinski definition) is 3. The van der Waals surface area contributed by atoms with Crippen LogP contribution < -0.4 is 5.32 Å². The molecule has 0 saturated heterocycles. The Kier molecular flexibility index (Phi) is 4.76. The minimum atomic E-state index is 0.191. The van der Waals surface area contributed by atoms with Crippen molar-refractivity contribution in [2.75, 3.05) is 0 Å². The summed E-state index contributed by atoms with van der Waals surface area (Å²) in [5.74, 6) is 1.02. The summed E-state index contributed by atoms with van der Waals surface area (Å²) < 4.78 is 2.29. The van der Waals surface area contributed by atoms with Gasteiger partial charge in [-0.05, 0) is 36.0 Å². The summed E-state index contributed by atoms with van der Waals surface area (Å²) in [7, 11) is 0. The number of nitrogens with zero attached hydrogens (tertiary/aromatic N) is 3. The zero-order chi connectivity index (χ0) is 21.5. The van der Waals surface area contributed by atoms with E-state index < -0.39 is 0 Å². The van der Waals surface area contributed by atoms with E-state index in [4.69, 9.17) is 0 Å². The lowest BCUT2D eigenvalue weighted by Crippen LogP contribution is -2.31. The molecule has 5 aromatic rings. The Morgan fingerprint density at radius 1 is 0.906 bits per heavy atom. The fourth-order valence-electron chi connectivity index (χ4n) is 5.46. The van der Waals surface area contributed by atoms with Crippen LogP contribution in [0.15, 0.2) is 85.3 Å². The molecule has 2 aromatic carbocycles. The minimum Gasteiger partial charge on any atom is -0.345 e. The van der Waals surface area contributed by atoms with Crippen molar-refractivity contribution in [3.05, 3.63) is 102 Å². The highest BCUT2D eigenvalue weighted by Crippen LogP contribution is 2.41. The Morgan fingerprint density at radius 3 is 2.34 bits per heavy atom. The number of rotatable bonds is 5. The molecule has 0 radical (unpaired) electrons. The smallest absolute Gasteiger partial charge is 0.156 e. The lowest BCUT2D eigenvalue weighted by molar-refractivity contribution is 0.464. The molecule has 2 N–H and O–H groups in total. The van der Waals surface area contributed by atoms with Gasteiger partial charge in [0.1, 0.15) is 0 Å². The third-order valence-corrected chi connectivity index (χ3v) is 7.00. The first-order valence-electron chi connectivity index (χ1n) is 11.4. The second-order valence-electron chi connectivity index (χ2n) is 9.02. The van der Waals surface area contributed by atoms with E-state index in [0.29, 0.717) is 17.9 Å². The summed E-state index contributed by atoms with van der Waals surface area (Å²) in [6, 6.07) is 24.3. The van der Waals surface area contributed by atoms with Gasteiger partial charge in [-0.1, -0.05) is 67.6 Å². The quantitative estimate of drug-likeness (QED) is 0.395. The summed E-state index contributed by atoms with van der Waals surface area (Å²) in [6.45, 7) is 2.38. The number of aromatic nitrogens is 4. The predicted molar refractivity (Wildman–Crippen MR) is 128 cm³/mol. The number of aromatic amines is 1. The van der Waals surface area contributed by atoms with Gasteiger partial charge in [0.05, 0.1) is 17.8 Å². The van der Waals surface area contributed by atoms with Gasteiger partial charge in [-0.2, -0.15) is 0 Å². The second kappa shape index (κ2) is 7.92. The van der Waals surface area contributed by atoms with Crippen LogP contribution in [0.2, 0.25) is 0 Å². The third-order valence-electron chi connectivity index (χ3n) is 7.00. The molecule has 0 amide bonds. The monoisotopic (exact) mass is 421 g/mol. The predicted octanol–water partition coefficient (Wildman–Crippen LogP) is 5.47. The van der Waals surface area contributed by atoms with E-state index in [2.05, 4.69) is 105 Å². The van der Waals surface area contributed by atoms with Gasteiger partial charge >= 0.3 is 0 Å². The van der Waals surface area contributed by atoms with Crippen LogP contribution in [0, 0.1) is 5.92 Å². The van der Waals surface area contributed by atoms with Crippen molar-refractivity contribution in [1.82, 2.24) is 24.7 Å². The van der Waals surface area contributed by atoms with Crippen molar-refractivity contribution in [3.63, 3.8) is 0 Å². The van der Waals surface area contributed by atoms with E-state index in [1.807, 2.05) is 12.4 Å². The molecule has 3 aromatic heterocycles. The molecule has 5 nitrogen and oxygen atoms in total. The standard InChI is InChI=1S/C27H27N5/c1-18-14-21(31-26(19-8-4-2-5-9-19)20-10-6-3-7-11-20)15-22(18)24-16-29-25-17-30-27-23(32(24)25)12-13-28-27/h2-13,16-18,21-22,26,28,31H,14-15H2,1H3. The molecule has 1 aliphatic carbocycles. The van der Waals surface area contributed by atoms with E-state index in [1.165, 1.54) is 16.8 Å². The molecule has 1 saturated carbocycles. The van der Waals surface area contributed by atoms with Crippen LogP contribution in [0.1, 0.15) is 48.5 Å². The molecule has 6 rings (SSSR count). The number of hydrogen-bond donors (Lipinski definition) is 2. The highest BCUT2D eigenvalue weighted by Gasteiger charge is 2.35. The lowest BCUT2D eigenvalue weighted by atomic mass is 9.95. The molecule has 0 spiro atoms. The summed E-state index contributed by atoms with van der Waals surface area (Å²) in [5.41, 5.74) is 6.84. The average molecular weight is 422 g/mol. The van der Waals surface area contributed by atoms with Crippen molar-refractivity contribution in [2.24, 2.45) is 5.92 Å². The first-order chi connectivity index (χ1) is 15.8. The van der Waals surface area contributed by atoms with Crippen LogP contribution in [-0.4, -0.2) is 25.4 Å². The van der Waals surface area contributed by atoms with Gasteiger partial charge in [-0.3, -0.25) is 4.40 Å². The maximum Gasteiger partial charge on any atom is 0.156 e. The molecule has 1 aliphatic rings. The highest BCUT2D eigenvalue weighted by molar-refractivity contribution is 5.74. The minimum absolute atomic E-state index is 0.191. The van der Waals surface area contributed by atoms with Gasteiger partial charge in [0, 0.05) is 30.0 Å². The Balaban J connectivity index is 1.31. The first kappa shape index (κ1) is 19.3. The molecule has 5 heteroatoms. The van der Waals surface area contributed by atoms with Gasteiger partial charge in [0.2, 0.25) is 0 Å². The summed E-state index contributed by atoms with van der Waals surface area (Å²) in [5, 5.41) is 4.00. The average Bonchev–Trinajstić information content (AvgIpc) is 3.56. The largest absolute Gasteiger partial charge is 0.345 e. The van der Waals surface area contributed by atoms with Crippen LogP contribution in [0.25, 0.3) is 16.8 Å². The fraction of sp³-hybridized carbons (Fsp3) is 0.259. The maximum absolute atomic E-state index is 4.67. The molecular weight excluding hydrogens is 394 g/mol. The Morgan fingerprint density at radius 2 is 1.62 bits per heavy atom. The van der Waals surface area contributed by atoms with Crippen molar-refractivity contribution < 1.29 is 0 Å². The maximum atomic E-state index is 4.67. The van der Waals surface area contributed by atoms with Crippen molar-refractivity contribution in [1.29, 1.82) is 0 Å². The molecule has 0 aliphatic heterocycles. The van der Waals surface area contributed by atoms with Crippen LogP contribution >= 0.6 is 0 Å². The topological polar surface area (TPSA) is 58.0 Å². The van der Waals surface area contributed by atoms with E-state index in [1.54, 1.807) is 0 Å². The summed E-state index contributed by atoms with van der Waals surface area (Å²) in [4.78, 5) is 12.4. The van der Waals surface area contributed by atoms with Crippen molar-refractivity contribution >= 4 is 16.8 Å². The molecule has 0 bridgehead atoms. The van der Waals surface area contributed by atoms with Gasteiger partial charge < -0.3 is 10.3 Å². The molecule has 160 valence electrons. The van der Waals surface area contributed by atoms with Gasteiger partial charge in [0.15, 0.2) is 11.3 Å². The number of benzene rings is 2. The Bertz CT molecular complexity index is 1300. The van der Waals surface area contributed by atoms with Crippen LogP contribution in [0.3, 0.4) is 0 Å². The van der Waals surface area contributed by atoms with Crippen LogP contribution in [0.5, 0.6) is 0 Å². The molecule has 3 unspecified atom stereocenters. The molecular formula is C27H27N5. The number of H-pyrrole nitrogens is 1.